The molecule has 1 saturated heterocycles. The maximum absolute atomic E-state index is 13.4. The molecule has 4 aliphatic rings. The quantitative estimate of drug-likeness (QED) is 0.0171. The monoisotopic (exact) mass is 1640 g/mol. The molecule has 1 aliphatic carbocycles. The molecule has 0 radical (unpaired) electrons. The zero-order chi connectivity index (χ0) is 76.0. The molecule has 6 N–H and O–H groups in total. The van der Waals surface area contributed by atoms with Crippen LogP contribution in [0.3, 0.4) is 0 Å². The Labute approximate surface area is 651 Å². The number of likely N-dealkylation sites (N-methyl/N-ethyl adjacent to an activating group) is 3. The van der Waals surface area contributed by atoms with Crippen LogP contribution >= 0.6 is 69.6 Å². The van der Waals surface area contributed by atoms with Gasteiger partial charge in [-0.2, -0.15) is 0 Å². The van der Waals surface area contributed by atoms with E-state index in [1.165, 1.54) is 17.0 Å². The maximum atomic E-state index is 13.4. The summed E-state index contributed by atoms with van der Waals surface area (Å²) in [5.41, 5.74) is 8.36. The molecule has 4 atom stereocenters. The SMILES string of the molecule is CN1Cc2c(Cl)cc(Cl)cc2[C@H](c2cccc(S(=O)(=O)NCCOCCOCCNC(=O)CN(CC(=O)NCCOCCOCCNS(=O)(=O)c3cccc([C@@H]4CN(C)Cc5c(Cl)cc(Cl)cc54)c3)CC(=O)NCCOCCOCCNS(=O)(=O)c3cccc([C@@H]4CN(C)CC5=C(Cl)CC(Cl)C=C54)c3)c2)C1. The molecule has 580 valence electrons. The van der Waals surface area contributed by atoms with Gasteiger partial charge in [-0.25, -0.2) is 39.4 Å². The molecular weight excluding hydrogens is 1550 g/mol. The number of sulfonamides is 3. The van der Waals surface area contributed by atoms with E-state index in [0.29, 0.717) is 65.8 Å². The Morgan fingerprint density at radius 1 is 0.443 bits per heavy atom. The second-order valence-electron chi connectivity index (χ2n) is 26.2. The summed E-state index contributed by atoms with van der Waals surface area (Å²) in [6.07, 6.45) is 2.58. The Hall–Kier alpha value is -4.94. The number of fused-ring (bicyclic) bond motifs is 3. The Morgan fingerprint density at radius 2 is 0.774 bits per heavy atom. The van der Waals surface area contributed by atoms with Crippen LogP contribution in [-0.4, -0.2) is 253 Å². The number of carbonyl (C=O) groups excluding carboxylic acids is 3. The second kappa shape index (κ2) is 41.4. The summed E-state index contributed by atoms with van der Waals surface area (Å²) in [6, 6.07) is 27.6. The first-order valence-electron chi connectivity index (χ1n) is 34.8. The highest BCUT2D eigenvalue weighted by Gasteiger charge is 2.35. The van der Waals surface area contributed by atoms with Crippen molar-refractivity contribution < 1.29 is 68.1 Å². The molecule has 0 bridgehead atoms. The number of hydrogen-bond acceptors (Lipinski definition) is 19. The Bertz CT molecular complexity index is 4080. The number of benzene rings is 5. The number of amides is 3. The van der Waals surface area contributed by atoms with Crippen LogP contribution in [0, 0.1) is 0 Å². The molecule has 1 fully saturated rings. The molecule has 9 rings (SSSR count). The number of rotatable bonds is 42. The summed E-state index contributed by atoms with van der Waals surface area (Å²) in [6.45, 7) is 4.63. The van der Waals surface area contributed by atoms with Crippen molar-refractivity contribution in [1.29, 1.82) is 0 Å². The molecule has 5 aromatic rings. The van der Waals surface area contributed by atoms with E-state index in [9.17, 15) is 39.6 Å². The molecule has 34 heteroatoms. The lowest BCUT2D eigenvalue weighted by Crippen LogP contribution is -2.48. The molecule has 3 heterocycles. The van der Waals surface area contributed by atoms with Crippen LogP contribution in [0.1, 0.15) is 63.1 Å². The lowest BCUT2D eigenvalue weighted by molar-refractivity contribution is -0.128. The maximum Gasteiger partial charge on any atom is 0.240 e. The highest BCUT2D eigenvalue weighted by atomic mass is 35.5. The van der Waals surface area contributed by atoms with Gasteiger partial charge >= 0.3 is 0 Å². The molecule has 3 aliphatic heterocycles. The number of likely N-dealkylation sites (tertiary alicyclic amines) is 1. The molecule has 106 heavy (non-hydrogen) atoms. The van der Waals surface area contributed by atoms with Gasteiger partial charge in [-0.3, -0.25) is 19.3 Å². The van der Waals surface area contributed by atoms with Crippen LogP contribution in [0.15, 0.2) is 134 Å². The van der Waals surface area contributed by atoms with E-state index in [1.54, 1.807) is 54.6 Å². The molecule has 0 spiro atoms. The fourth-order valence-electron chi connectivity index (χ4n) is 13.0. The number of hydrogen-bond donors (Lipinski definition) is 6. The van der Waals surface area contributed by atoms with E-state index < -0.39 is 47.8 Å². The molecule has 3 amide bonds. The van der Waals surface area contributed by atoms with Gasteiger partial charge in [-0.05, 0) is 132 Å². The van der Waals surface area contributed by atoms with E-state index in [0.717, 1.165) is 55.1 Å². The predicted octanol–water partition coefficient (Wildman–Crippen LogP) is 6.90. The van der Waals surface area contributed by atoms with Gasteiger partial charge in [0.25, 0.3) is 0 Å². The van der Waals surface area contributed by atoms with Crippen LogP contribution in [0.4, 0.5) is 0 Å². The molecule has 0 saturated carbocycles. The molecule has 1 unspecified atom stereocenters. The summed E-state index contributed by atoms with van der Waals surface area (Å²) < 4.78 is 122. The minimum atomic E-state index is -3.89. The van der Waals surface area contributed by atoms with E-state index in [1.807, 2.05) is 57.6 Å². The zero-order valence-electron chi connectivity index (χ0n) is 59.3. The van der Waals surface area contributed by atoms with Crippen molar-refractivity contribution in [3.63, 3.8) is 0 Å². The predicted molar refractivity (Wildman–Crippen MR) is 410 cm³/mol. The van der Waals surface area contributed by atoms with Crippen molar-refractivity contribution >= 4 is 117 Å². The molecular formula is C72H92Cl6N10O15S3. The number of carbonyl (C=O) groups is 3. The van der Waals surface area contributed by atoms with Crippen LogP contribution in [0.5, 0.6) is 0 Å². The molecule has 0 aromatic heterocycles. The minimum absolute atomic E-state index is 0.00330. The third-order valence-electron chi connectivity index (χ3n) is 17.9. The highest BCUT2D eigenvalue weighted by molar-refractivity contribution is 7.90. The number of halogens is 6. The van der Waals surface area contributed by atoms with Gasteiger partial charge in [0, 0.05) is 128 Å². The normalized spacial score (nSPS) is 18.1. The zero-order valence-corrected chi connectivity index (χ0v) is 66.3. The van der Waals surface area contributed by atoms with Crippen LogP contribution in [-0.2, 0) is 86.0 Å². The van der Waals surface area contributed by atoms with Crippen LogP contribution in [0.25, 0.3) is 0 Å². The van der Waals surface area contributed by atoms with Gasteiger partial charge in [-0.15, -0.1) is 11.6 Å². The number of nitrogens with one attached hydrogen (secondary N) is 6. The Balaban J connectivity index is 0.656. The number of ether oxygens (including phenoxy) is 6. The van der Waals surface area contributed by atoms with Crippen molar-refractivity contribution in [2.24, 2.45) is 0 Å². The van der Waals surface area contributed by atoms with Gasteiger partial charge in [0.1, 0.15) is 0 Å². The lowest BCUT2D eigenvalue weighted by Gasteiger charge is -2.37. The third-order valence-corrected chi connectivity index (χ3v) is 24.1. The average Bonchev–Trinajstić information content (AvgIpc) is 0.783. The van der Waals surface area contributed by atoms with Crippen molar-refractivity contribution in [3.8, 4) is 0 Å². The third kappa shape index (κ3) is 25.6. The van der Waals surface area contributed by atoms with E-state index in [4.69, 9.17) is 98.0 Å². The first-order chi connectivity index (χ1) is 50.7. The van der Waals surface area contributed by atoms with Crippen molar-refractivity contribution in [3.05, 3.63) is 178 Å². The summed E-state index contributed by atoms with van der Waals surface area (Å²) in [7, 11) is -5.69. The van der Waals surface area contributed by atoms with Gasteiger partial charge in [0.15, 0.2) is 0 Å². The fourth-order valence-corrected chi connectivity index (χ4v) is 18.0. The van der Waals surface area contributed by atoms with Crippen molar-refractivity contribution in [2.75, 3.05) is 186 Å². The van der Waals surface area contributed by atoms with E-state index in [-0.39, 0.29) is 176 Å². The Kier molecular flexibility index (Phi) is 33.2. The van der Waals surface area contributed by atoms with Gasteiger partial charge < -0.3 is 59.1 Å². The first kappa shape index (κ1) is 85.1. The van der Waals surface area contributed by atoms with E-state index >= 15 is 0 Å². The van der Waals surface area contributed by atoms with Gasteiger partial charge in [-0.1, -0.05) is 100 Å². The highest BCUT2D eigenvalue weighted by Crippen LogP contribution is 2.44. The first-order valence-corrected chi connectivity index (χ1v) is 41.5. The summed E-state index contributed by atoms with van der Waals surface area (Å²) in [4.78, 5) is 47.8. The fraction of sp³-hybridized carbons (Fsp3) is 0.486. The lowest BCUT2D eigenvalue weighted by atomic mass is 9.80. The van der Waals surface area contributed by atoms with Crippen molar-refractivity contribution in [2.45, 2.75) is 57.3 Å². The van der Waals surface area contributed by atoms with Crippen LogP contribution in [0.2, 0.25) is 20.1 Å². The number of piperidine rings is 1. The van der Waals surface area contributed by atoms with Crippen molar-refractivity contribution in [1.82, 2.24) is 49.7 Å². The van der Waals surface area contributed by atoms with E-state index in [2.05, 4.69) is 44.8 Å². The largest absolute Gasteiger partial charge is 0.378 e. The van der Waals surface area contributed by atoms with Gasteiger partial charge in [0.2, 0.25) is 47.8 Å². The van der Waals surface area contributed by atoms with Crippen LogP contribution < -0.4 is 30.1 Å². The Morgan fingerprint density at radius 3 is 1.14 bits per heavy atom. The topological polar surface area (TPSA) is 294 Å². The summed E-state index contributed by atoms with van der Waals surface area (Å²) >= 11 is 39.0. The smallest absolute Gasteiger partial charge is 0.240 e. The summed E-state index contributed by atoms with van der Waals surface area (Å²) in [5, 5.41) is 10.8. The minimum Gasteiger partial charge on any atom is -0.378 e. The average molecular weight is 1650 g/mol. The second-order valence-corrected chi connectivity index (χ2v) is 34.2. The number of allylic oxidation sites excluding steroid dienone is 2. The summed E-state index contributed by atoms with van der Waals surface area (Å²) in [5.74, 6) is -1.86. The number of nitrogens with zero attached hydrogens (tertiary/aromatic N) is 4. The molecule has 5 aromatic carbocycles. The molecule has 25 nitrogen and oxygen atoms in total. The standard InChI is InChI=1S/C72H92Cl6N10O15S3/c1-85-40-61(58-34-52(73)37-67(76)64(58)43-85)49-7-4-10-55(31-49)104(92,93)82-16-22-101-28-25-98-19-13-79-70(89)46-88(47-71(90)80-14-20-99-26-29-102-23-17-83-105(94,95)56-11-5-8-50(32-56)62-41-86(2)44-65-59(62)35-53(74)38-68(65)77)48-72(91)81-15-21-100-27-30-103-24-18-84-106(96,97)57-12-6-9-51(33-57)63-42-87(3)45-66-60(63)36-54(75)39-69(66)78/h4-12,31-38,54,61-63,82-84H,13-30,39-48H2,1-3H3,(H,79,89)(H,80,90)(H,81,91)/t54?,61-,62-,63-/m0/s1. The number of alkyl halides is 1. The van der Waals surface area contributed by atoms with Gasteiger partial charge in [0.05, 0.1) is 119 Å².